The van der Waals surface area contributed by atoms with E-state index >= 15 is 0 Å². The predicted octanol–water partition coefficient (Wildman–Crippen LogP) is 0.566. The zero-order chi connectivity index (χ0) is 11.0. The fourth-order valence-electron chi connectivity index (χ4n) is 3.21. The van der Waals surface area contributed by atoms with Crippen molar-refractivity contribution >= 4 is 0 Å². The van der Waals surface area contributed by atoms with E-state index in [0.29, 0.717) is 18.1 Å². The lowest BCUT2D eigenvalue weighted by Crippen LogP contribution is -2.48. The Kier molecular flexibility index (Phi) is 2.65. The molecule has 5 nitrogen and oxygen atoms in total. The molecule has 3 heterocycles. The minimum absolute atomic E-state index is 0.416. The molecule has 5 heteroatoms. The molecule has 0 amide bonds. The van der Waals surface area contributed by atoms with Crippen LogP contribution in [0.25, 0.3) is 0 Å². The number of aromatic nitrogens is 2. The van der Waals surface area contributed by atoms with Gasteiger partial charge in [0.05, 0.1) is 0 Å². The van der Waals surface area contributed by atoms with Crippen LogP contribution in [0.2, 0.25) is 0 Å². The van der Waals surface area contributed by atoms with Crippen LogP contribution in [0.3, 0.4) is 0 Å². The molecule has 2 bridgehead atoms. The maximum atomic E-state index is 6.04. The van der Waals surface area contributed by atoms with Crippen molar-refractivity contribution < 1.29 is 4.52 Å². The normalized spacial score (nSPS) is 34.4. The third kappa shape index (κ3) is 1.85. The molecule has 0 saturated carbocycles. The molecule has 16 heavy (non-hydrogen) atoms. The van der Waals surface area contributed by atoms with Gasteiger partial charge < -0.3 is 10.3 Å². The molecular formula is C11H18N4O. The van der Waals surface area contributed by atoms with E-state index in [2.05, 4.69) is 15.0 Å². The van der Waals surface area contributed by atoms with Crippen LogP contribution in [0.4, 0.5) is 0 Å². The molecule has 2 fully saturated rings. The van der Waals surface area contributed by atoms with Gasteiger partial charge in [0.1, 0.15) is 0 Å². The van der Waals surface area contributed by atoms with Gasteiger partial charge in [0, 0.05) is 31.1 Å². The van der Waals surface area contributed by atoms with Crippen LogP contribution in [0.15, 0.2) is 10.9 Å². The molecule has 2 N–H and O–H groups in total. The molecule has 88 valence electrons. The van der Waals surface area contributed by atoms with Crippen LogP contribution in [-0.4, -0.2) is 39.7 Å². The number of hydrogen-bond donors (Lipinski definition) is 1. The fraction of sp³-hybridized carbons (Fsp3) is 0.818. The van der Waals surface area contributed by atoms with Crippen LogP contribution >= 0.6 is 0 Å². The van der Waals surface area contributed by atoms with E-state index in [9.17, 15) is 0 Å². The largest absolute Gasteiger partial charge is 0.343 e. The number of nitrogens with two attached hydrogens (primary N) is 1. The van der Waals surface area contributed by atoms with Crippen molar-refractivity contribution in [2.75, 3.05) is 6.54 Å². The molecule has 2 aliphatic rings. The topological polar surface area (TPSA) is 68.2 Å². The Morgan fingerprint density at radius 2 is 2.12 bits per heavy atom. The highest BCUT2D eigenvalue weighted by molar-refractivity contribution is 4.97. The van der Waals surface area contributed by atoms with Gasteiger partial charge >= 0.3 is 0 Å². The lowest BCUT2D eigenvalue weighted by atomic mass is 9.98. The van der Waals surface area contributed by atoms with Crippen molar-refractivity contribution in [1.82, 2.24) is 15.0 Å². The second-order valence-corrected chi connectivity index (χ2v) is 4.95. The van der Waals surface area contributed by atoms with E-state index in [1.165, 1.54) is 19.2 Å². The summed E-state index contributed by atoms with van der Waals surface area (Å²) >= 11 is 0. The van der Waals surface area contributed by atoms with Crippen LogP contribution in [0.5, 0.6) is 0 Å². The van der Waals surface area contributed by atoms with E-state index < -0.39 is 0 Å². The lowest BCUT2D eigenvalue weighted by molar-refractivity contribution is 0.128. The lowest BCUT2D eigenvalue weighted by Gasteiger charge is -2.37. The Morgan fingerprint density at radius 1 is 1.38 bits per heavy atom. The van der Waals surface area contributed by atoms with Crippen molar-refractivity contribution in [2.24, 2.45) is 5.73 Å². The second-order valence-electron chi connectivity index (χ2n) is 4.95. The monoisotopic (exact) mass is 222 g/mol. The third-order valence-corrected chi connectivity index (χ3v) is 3.92. The first kappa shape index (κ1) is 10.2. The Labute approximate surface area is 95.0 Å². The first-order chi connectivity index (χ1) is 7.83. The minimum atomic E-state index is 0.416. The summed E-state index contributed by atoms with van der Waals surface area (Å²) in [4.78, 5) is 6.65. The summed E-state index contributed by atoms with van der Waals surface area (Å²) in [5.41, 5.74) is 6.04. The summed E-state index contributed by atoms with van der Waals surface area (Å²) in [6.07, 6.45) is 7.22. The molecule has 2 unspecified atom stereocenters. The number of fused-ring (bicyclic) bond motifs is 2. The Balaban J connectivity index is 1.59. The van der Waals surface area contributed by atoms with Gasteiger partial charge in [-0.2, -0.15) is 4.98 Å². The van der Waals surface area contributed by atoms with Crippen molar-refractivity contribution in [1.29, 1.82) is 0 Å². The van der Waals surface area contributed by atoms with Gasteiger partial charge in [-0.05, 0) is 25.7 Å². The van der Waals surface area contributed by atoms with E-state index in [1.54, 1.807) is 0 Å². The standard InChI is InChI=1S/C11H18N4O/c12-8-5-9-1-2-10(6-8)15(9)4-3-11-13-7-16-14-11/h7-10H,1-6,12H2. The van der Waals surface area contributed by atoms with Gasteiger partial charge in [0.2, 0.25) is 6.39 Å². The molecule has 1 aromatic heterocycles. The first-order valence-corrected chi connectivity index (χ1v) is 6.09. The molecule has 3 rings (SSSR count). The molecule has 0 aromatic carbocycles. The van der Waals surface area contributed by atoms with Gasteiger partial charge in [0.25, 0.3) is 0 Å². The van der Waals surface area contributed by atoms with Crippen molar-refractivity contribution in [3.63, 3.8) is 0 Å². The summed E-state index contributed by atoms with van der Waals surface area (Å²) in [7, 11) is 0. The summed E-state index contributed by atoms with van der Waals surface area (Å²) in [5.74, 6) is 0.814. The average Bonchev–Trinajstić information content (AvgIpc) is 2.83. The summed E-state index contributed by atoms with van der Waals surface area (Å²) in [6.45, 7) is 1.04. The van der Waals surface area contributed by atoms with Gasteiger partial charge in [-0.1, -0.05) is 5.16 Å². The zero-order valence-electron chi connectivity index (χ0n) is 9.38. The molecule has 1 aromatic rings. The molecule has 2 saturated heterocycles. The number of hydrogen-bond acceptors (Lipinski definition) is 5. The summed E-state index contributed by atoms with van der Waals surface area (Å²) in [5, 5.41) is 3.85. The van der Waals surface area contributed by atoms with E-state index in [0.717, 1.165) is 31.6 Å². The number of piperidine rings is 1. The highest BCUT2D eigenvalue weighted by atomic mass is 16.5. The third-order valence-electron chi connectivity index (χ3n) is 3.92. The molecular weight excluding hydrogens is 204 g/mol. The van der Waals surface area contributed by atoms with E-state index in [1.807, 2.05) is 0 Å². The predicted molar refractivity (Wildman–Crippen MR) is 58.7 cm³/mol. The highest BCUT2D eigenvalue weighted by Crippen LogP contribution is 2.34. The summed E-state index contributed by atoms with van der Waals surface area (Å²) < 4.78 is 4.74. The Bertz CT molecular complexity index is 326. The van der Waals surface area contributed by atoms with Gasteiger partial charge in [0.15, 0.2) is 5.82 Å². The Hall–Kier alpha value is -0.940. The van der Waals surface area contributed by atoms with Crippen LogP contribution in [-0.2, 0) is 6.42 Å². The van der Waals surface area contributed by atoms with Gasteiger partial charge in [-0.25, -0.2) is 0 Å². The second kappa shape index (κ2) is 4.14. The SMILES string of the molecule is NC1CC2CCC(C1)N2CCc1ncon1. The number of rotatable bonds is 3. The highest BCUT2D eigenvalue weighted by Gasteiger charge is 2.39. The molecule has 2 atom stereocenters. The van der Waals surface area contributed by atoms with Gasteiger partial charge in [-0.3, -0.25) is 4.90 Å². The van der Waals surface area contributed by atoms with Crippen LogP contribution in [0.1, 0.15) is 31.5 Å². The van der Waals surface area contributed by atoms with Crippen LogP contribution < -0.4 is 5.73 Å². The first-order valence-electron chi connectivity index (χ1n) is 6.09. The zero-order valence-corrected chi connectivity index (χ0v) is 9.38. The van der Waals surface area contributed by atoms with Crippen molar-refractivity contribution in [3.8, 4) is 0 Å². The van der Waals surface area contributed by atoms with Crippen molar-refractivity contribution in [2.45, 2.75) is 50.2 Å². The quantitative estimate of drug-likeness (QED) is 0.809. The van der Waals surface area contributed by atoms with Crippen LogP contribution in [0, 0.1) is 0 Å². The smallest absolute Gasteiger partial charge is 0.213 e. The minimum Gasteiger partial charge on any atom is -0.343 e. The molecule has 2 aliphatic heterocycles. The molecule has 0 spiro atoms. The maximum Gasteiger partial charge on any atom is 0.213 e. The van der Waals surface area contributed by atoms with Crippen molar-refractivity contribution in [3.05, 3.63) is 12.2 Å². The maximum absolute atomic E-state index is 6.04. The fourth-order valence-corrected chi connectivity index (χ4v) is 3.21. The van der Waals surface area contributed by atoms with E-state index in [-0.39, 0.29) is 0 Å². The van der Waals surface area contributed by atoms with E-state index in [4.69, 9.17) is 10.3 Å². The van der Waals surface area contributed by atoms with Gasteiger partial charge in [-0.15, -0.1) is 0 Å². The molecule has 0 radical (unpaired) electrons. The number of nitrogens with zero attached hydrogens (tertiary/aromatic N) is 3. The Morgan fingerprint density at radius 3 is 2.75 bits per heavy atom. The average molecular weight is 222 g/mol. The summed E-state index contributed by atoms with van der Waals surface area (Å²) in [6, 6.07) is 1.81. The molecule has 0 aliphatic carbocycles.